The second-order valence-electron chi connectivity index (χ2n) is 2.49. The number of hydrogen-bond acceptors (Lipinski definition) is 4. The van der Waals surface area contributed by atoms with Crippen molar-refractivity contribution in [2.75, 3.05) is 5.01 Å². The zero-order chi connectivity index (χ0) is 9.68. The number of nitrogens with zero attached hydrogens (tertiary/aromatic N) is 1. The third kappa shape index (κ3) is 2.61. The molecule has 0 aromatic heterocycles. The highest BCUT2D eigenvalue weighted by Gasteiger charge is 1.96. The molecule has 0 spiro atoms. The lowest BCUT2D eigenvalue weighted by Gasteiger charge is -2.13. The number of para-hydroxylation sites is 1. The molecule has 0 fully saturated rings. The van der Waals surface area contributed by atoms with Crippen molar-refractivity contribution in [1.82, 2.24) is 0 Å². The Morgan fingerprint density at radius 3 is 2.46 bits per heavy atom. The average molecular weight is 177 g/mol. The Kier molecular flexibility index (Phi) is 3.05. The molecule has 0 radical (unpaired) electrons. The Morgan fingerprint density at radius 2 is 1.92 bits per heavy atom. The van der Waals surface area contributed by atoms with E-state index >= 15 is 0 Å². The fourth-order valence-corrected chi connectivity index (χ4v) is 0.866. The summed E-state index contributed by atoms with van der Waals surface area (Å²) in [7, 11) is 0. The Labute approximate surface area is 76.4 Å². The molecule has 1 aromatic carbocycles. The van der Waals surface area contributed by atoms with Gasteiger partial charge in [-0.2, -0.15) is 0 Å². The molecule has 0 aliphatic rings. The maximum absolute atomic E-state index is 10.2. The molecule has 0 unspecified atom stereocenters. The molecular formula is C9H11N3O. The van der Waals surface area contributed by atoms with Gasteiger partial charge in [0.1, 0.15) is 0 Å². The van der Waals surface area contributed by atoms with E-state index in [4.69, 9.17) is 11.6 Å². The van der Waals surface area contributed by atoms with Crippen LogP contribution in [0.2, 0.25) is 0 Å². The van der Waals surface area contributed by atoms with Gasteiger partial charge in [-0.05, 0) is 12.1 Å². The van der Waals surface area contributed by atoms with Crippen LogP contribution in [0, 0.1) is 0 Å². The molecule has 0 bridgehead atoms. The van der Waals surface area contributed by atoms with E-state index in [-0.39, 0.29) is 5.70 Å². The predicted octanol–water partition coefficient (Wildman–Crippen LogP) is 0.366. The first-order valence-corrected chi connectivity index (χ1v) is 3.75. The second kappa shape index (κ2) is 4.27. The largest absolute Gasteiger partial charge is 0.395 e. The third-order valence-electron chi connectivity index (χ3n) is 1.48. The molecular weight excluding hydrogens is 166 g/mol. The van der Waals surface area contributed by atoms with Gasteiger partial charge >= 0.3 is 0 Å². The smallest absolute Gasteiger partial charge is 0.167 e. The molecule has 1 rings (SSSR count). The fraction of sp³-hybridized carbons (Fsp3) is 0. The third-order valence-corrected chi connectivity index (χ3v) is 1.48. The lowest BCUT2D eigenvalue weighted by atomic mass is 10.3. The van der Waals surface area contributed by atoms with Gasteiger partial charge in [0.25, 0.3) is 0 Å². The molecule has 13 heavy (non-hydrogen) atoms. The maximum atomic E-state index is 10.2. The highest BCUT2D eigenvalue weighted by molar-refractivity contribution is 5.72. The molecule has 0 amide bonds. The number of rotatable bonds is 3. The summed E-state index contributed by atoms with van der Waals surface area (Å²) in [5, 5.41) is 1.30. The van der Waals surface area contributed by atoms with Gasteiger partial charge in [0.15, 0.2) is 6.29 Å². The van der Waals surface area contributed by atoms with Gasteiger partial charge in [-0.25, -0.2) is 5.84 Å². The van der Waals surface area contributed by atoms with Crippen molar-refractivity contribution in [3.8, 4) is 0 Å². The van der Waals surface area contributed by atoms with Crippen LogP contribution in [-0.4, -0.2) is 6.29 Å². The normalized spacial score (nSPS) is 11.0. The van der Waals surface area contributed by atoms with E-state index in [1.807, 2.05) is 30.3 Å². The van der Waals surface area contributed by atoms with Crippen LogP contribution < -0.4 is 16.6 Å². The summed E-state index contributed by atoms with van der Waals surface area (Å²) in [5.74, 6) is 5.59. The molecule has 0 saturated carbocycles. The molecule has 4 heteroatoms. The van der Waals surface area contributed by atoms with Gasteiger partial charge in [0.2, 0.25) is 0 Å². The zero-order valence-electron chi connectivity index (χ0n) is 7.05. The standard InChI is InChI=1S/C9H11N3O/c10-8(7-13)6-12(11)9-4-2-1-3-5-9/h1-7H,10-11H2/b8-6-. The summed E-state index contributed by atoms with van der Waals surface area (Å²) in [4.78, 5) is 10.2. The van der Waals surface area contributed by atoms with Gasteiger partial charge in [0.05, 0.1) is 11.4 Å². The van der Waals surface area contributed by atoms with Crippen molar-refractivity contribution in [1.29, 1.82) is 0 Å². The van der Waals surface area contributed by atoms with E-state index in [1.54, 1.807) is 0 Å². The number of benzene rings is 1. The van der Waals surface area contributed by atoms with E-state index in [9.17, 15) is 4.79 Å². The summed E-state index contributed by atoms with van der Waals surface area (Å²) in [6.45, 7) is 0. The number of allylic oxidation sites excluding steroid dienone is 1. The molecule has 0 aliphatic heterocycles. The first kappa shape index (κ1) is 9.28. The van der Waals surface area contributed by atoms with Gasteiger partial charge in [-0.15, -0.1) is 0 Å². The molecule has 0 atom stereocenters. The van der Waals surface area contributed by atoms with Crippen LogP contribution in [0.4, 0.5) is 5.69 Å². The Morgan fingerprint density at radius 1 is 1.31 bits per heavy atom. The molecule has 0 saturated heterocycles. The summed E-state index contributed by atoms with van der Waals surface area (Å²) in [6.07, 6.45) is 1.91. The van der Waals surface area contributed by atoms with Crippen molar-refractivity contribution in [3.63, 3.8) is 0 Å². The van der Waals surface area contributed by atoms with E-state index in [1.165, 1.54) is 11.2 Å². The monoisotopic (exact) mass is 177 g/mol. The number of carbonyl (C=O) groups is 1. The summed E-state index contributed by atoms with van der Waals surface area (Å²) >= 11 is 0. The first-order chi connectivity index (χ1) is 6.24. The SMILES string of the molecule is N/C(C=O)=C\N(N)c1ccccc1. The predicted molar refractivity (Wildman–Crippen MR) is 51.4 cm³/mol. The number of aldehydes is 1. The lowest BCUT2D eigenvalue weighted by molar-refractivity contribution is -0.105. The zero-order valence-corrected chi connectivity index (χ0v) is 7.05. The van der Waals surface area contributed by atoms with Crippen molar-refractivity contribution >= 4 is 12.0 Å². The highest BCUT2D eigenvalue weighted by atomic mass is 16.1. The lowest BCUT2D eigenvalue weighted by Crippen LogP contribution is -2.26. The van der Waals surface area contributed by atoms with Gasteiger partial charge in [0, 0.05) is 6.20 Å². The number of nitrogens with two attached hydrogens (primary N) is 2. The maximum Gasteiger partial charge on any atom is 0.167 e. The van der Waals surface area contributed by atoms with Crippen molar-refractivity contribution < 1.29 is 4.79 Å². The summed E-state index contributed by atoms with van der Waals surface area (Å²) in [5.41, 5.74) is 6.14. The quantitative estimate of drug-likeness (QED) is 0.303. The van der Waals surface area contributed by atoms with Crippen molar-refractivity contribution in [3.05, 3.63) is 42.2 Å². The Balaban J connectivity index is 2.80. The molecule has 68 valence electrons. The Hall–Kier alpha value is -1.81. The summed E-state index contributed by atoms with van der Waals surface area (Å²) in [6, 6.07) is 9.20. The molecule has 4 N–H and O–H groups in total. The average Bonchev–Trinajstić information content (AvgIpc) is 2.19. The van der Waals surface area contributed by atoms with E-state index in [0.29, 0.717) is 6.29 Å². The number of hydrazine groups is 1. The first-order valence-electron chi connectivity index (χ1n) is 3.75. The van der Waals surface area contributed by atoms with Gasteiger partial charge < -0.3 is 5.73 Å². The van der Waals surface area contributed by atoms with Crippen molar-refractivity contribution in [2.24, 2.45) is 11.6 Å². The Bertz CT molecular complexity index is 308. The molecule has 1 aromatic rings. The van der Waals surface area contributed by atoms with Crippen LogP contribution in [0.1, 0.15) is 0 Å². The summed E-state index contributed by atoms with van der Waals surface area (Å²) < 4.78 is 0. The highest BCUT2D eigenvalue weighted by Crippen LogP contribution is 2.09. The van der Waals surface area contributed by atoms with Crippen LogP contribution in [0.5, 0.6) is 0 Å². The number of anilines is 1. The molecule has 0 aliphatic carbocycles. The van der Waals surface area contributed by atoms with Gasteiger partial charge in [-0.1, -0.05) is 18.2 Å². The minimum absolute atomic E-state index is 0.0892. The van der Waals surface area contributed by atoms with Crippen LogP contribution in [-0.2, 0) is 4.79 Å². The van der Waals surface area contributed by atoms with Crippen LogP contribution >= 0.6 is 0 Å². The second-order valence-corrected chi connectivity index (χ2v) is 2.49. The van der Waals surface area contributed by atoms with Crippen LogP contribution in [0.3, 0.4) is 0 Å². The fourth-order valence-electron chi connectivity index (χ4n) is 0.866. The van der Waals surface area contributed by atoms with E-state index in [0.717, 1.165) is 5.69 Å². The topological polar surface area (TPSA) is 72.4 Å². The minimum atomic E-state index is 0.0892. The van der Waals surface area contributed by atoms with Crippen LogP contribution in [0.15, 0.2) is 42.2 Å². The number of carbonyl (C=O) groups excluding carboxylic acids is 1. The molecule has 0 heterocycles. The van der Waals surface area contributed by atoms with E-state index < -0.39 is 0 Å². The van der Waals surface area contributed by atoms with Crippen LogP contribution in [0.25, 0.3) is 0 Å². The minimum Gasteiger partial charge on any atom is -0.395 e. The number of hydrogen-bond donors (Lipinski definition) is 2. The van der Waals surface area contributed by atoms with E-state index in [2.05, 4.69) is 0 Å². The molecule has 4 nitrogen and oxygen atoms in total. The van der Waals surface area contributed by atoms with Crippen molar-refractivity contribution in [2.45, 2.75) is 0 Å². The van der Waals surface area contributed by atoms with Gasteiger partial charge in [-0.3, -0.25) is 9.80 Å².